The maximum Gasteiger partial charge on any atom is 0.395 e. The summed E-state index contributed by atoms with van der Waals surface area (Å²) in [6.45, 7) is 0. The van der Waals surface area contributed by atoms with E-state index in [1.165, 1.54) is 30.3 Å². The molecule has 4 nitrogen and oxygen atoms in total. The monoisotopic (exact) mass is 669 g/mol. The number of amides is 1. The van der Waals surface area contributed by atoms with Crippen LogP contribution in [0.4, 0.5) is 32.0 Å². The van der Waals surface area contributed by atoms with Gasteiger partial charge in [-0.05, 0) is 47.5 Å². The number of nitrogens with one attached hydrogen (secondary N) is 1. The van der Waals surface area contributed by atoms with E-state index in [2.05, 4.69) is 5.32 Å². The second-order valence-electron chi connectivity index (χ2n) is 9.59. The Bertz CT molecular complexity index is 1590. The lowest BCUT2D eigenvalue weighted by Gasteiger charge is -2.12. The van der Waals surface area contributed by atoms with E-state index in [0.717, 1.165) is 18.2 Å². The maximum atomic E-state index is 15.0. The molecule has 2 atom stereocenters. The predicted octanol–water partition coefficient (Wildman–Crippen LogP) is 8.43. The predicted molar refractivity (Wildman–Crippen MR) is 146 cm³/mol. The molecule has 0 unspecified atom stereocenters. The summed E-state index contributed by atoms with van der Waals surface area (Å²) >= 11 is 24.6. The number of hydrogen-bond donors (Lipinski definition) is 1. The van der Waals surface area contributed by atoms with Gasteiger partial charge in [-0.25, -0.2) is 13.2 Å². The van der Waals surface area contributed by atoms with Gasteiger partial charge < -0.3 is 5.32 Å². The van der Waals surface area contributed by atoms with Gasteiger partial charge in [0.05, 0.1) is 16.0 Å². The SMILES string of the molecule is O=C(Cc1c(F)ccc(CC(=O)c2cc(NC(=O)[C@H]3[C@H](c4ccc(F)c(Cl)c4)C3(Cl)Cl)ccc2Cl)c1F)CC(F)(F)F. The van der Waals surface area contributed by atoms with Gasteiger partial charge in [0.15, 0.2) is 5.78 Å². The maximum absolute atomic E-state index is 15.0. The lowest BCUT2D eigenvalue weighted by Crippen LogP contribution is -2.18. The van der Waals surface area contributed by atoms with Crippen LogP contribution < -0.4 is 5.32 Å². The molecule has 3 aromatic carbocycles. The Hall–Kier alpha value is -2.79. The van der Waals surface area contributed by atoms with E-state index in [1.807, 2.05) is 0 Å². The molecular formula is C28H17Cl4F6NO3. The number of Topliss-reactive ketones (excluding diaryl/α,β-unsaturated/α-hetero) is 2. The standard InChI is InChI=1S/C28H17Cl4F6NO3/c29-18-4-3-14(39-26(42)24-23(28(24,31)32)12-1-6-21(34)19(30)7-12)9-16(18)22(41)8-13-2-5-20(33)17(25(13)35)10-15(40)11-27(36,37)38/h1-7,9,23-24H,8,10-11H2,(H,39,42)/t23-,24+/m0/s1. The molecule has 1 aliphatic rings. The Morgan fingerprint density at radius 1 is 0.857 bits per heavy atom. The molecule has 1 aliphatic carbocycles. The minimum absolute atomic E-state index is 0.0737. The summed E-state index contributed by atoms with van der Waals surface area (Å²) in [6.07, 6.45) is -8.56. The molecule has 222 valence electrons. The van der Waals surface area contributed by atoms with Gasteiger partial charge in [0.1, 0.15) is 34.0 Å². The molecule has 3 aromatic rings. The van der Waals surface area contributed by atoms with Gasteiger partial charge in [-0.3, -0.25) is 14.4 Å². The number of alkyl halides is 5. The Morgan fingerprint density at radius 3 is 2.17 bits per heavy atom. The van der Waals surface area contributed by atoms with Crippen molar-refractivity contribution in [1.82, 2.24) is 0 Å². The van der Waals surface area contributed by atoms with Gasteiger partial charge in [0.25, 0.3) is 0 Å². The fourth-order valence-electron chi connectivity index (χ4n) is 4.51. The van der Waals surface area contributed by atoms with E-state index in [0.29, 0.717) is 5.56 Å². The van der Waals surface area contributed by atoms with Gasteiger partial charge >= 0.3 is 6.18 Å². The van der Waals surface area contributed by atoms with Crippen LogP contribution in [0.1, 0.15) is 39.4 Å². The number of hydrogen-bond acceptors (Lipinski definition) is 3. The molecule has 0 radical (unpaired) electrons. The average molecular weight is 671 g/mol. The Kier molecular flexibility index (Phi) is 9.23. The summed E-state index contributed by atoms with van der Waals surface area (Å²) in [5.41, 5.74) is -0.908. The van der Waals surface area contributed by atoms with Crippen LogP contribution in [0.2, 0.25) is 10.0 Å². The van der Waals surface area contributed by atoms with Crippen molar-refractivity contribution in [3.63, 3.8) is 0 Å². The van der Waals surface area contributed by atoms with E-state index >= 15 is 0 Å². The molecule has 1 amide bonds. The van der Waals surface area contributed by atoms with Crippen LogP contribution in [-0.4, -0.2) is 28.0 Å². The quantitative estimate of drug-likeness (QED) is 0.141. The van der Waals surface area contributed by atoms with E-state index in [-0.39, 0.29) is 26.9 Å². The lowest BCUT2D eigenvalue weighted by atomic mass is 9.97. The van der Waals surface area contributed by atoms with Crippen molar-refractivity contribution >= 4 is 69.6 Å². The molecular weight excluding hydrogens is 654 g/mol. The zero-order valence-corrected chi connectivity index (χ0v) is 23.9. The van der Waals surface area contributed by atoms with E-state index in [1.54, 1.807) is 0 Å². The first-order valence-corrected chi connectivity index (χ1v) is 13.5. The molecule has 0 heterocycles. The number of rotatable bonds is 9. The third kappa shape index (κ3) is 7.05. The van der Waals surface area contributed by atoms with Crippen molar-refractivity contribution < 1.29 is 40.7 Å². The first-order valence-electron chi connectivity index (χ1n) is 12.0. The number of carbonyl (C=O) groups excluding carboxylic acids is 3. The molecule has 0 bridgehead atoms. The summed E-state index contributed by atoms with van der Waals surface area (Å²) in [5, 5.41) is 2.31. The third-order valence-corrected chi connectivity index (χ3v) is 8.12. The zero-order chi connectivity index (χ0) is 31.1. The summed E-state index contributed by atoms with van der Waals surface area (Å²) in [4.78, 5) is 37.7. The smallest absolute Gasteiger partial charge is 0.326 e. The van der Waals surface area contributed by atoms with E-state index < -0.39 is 82.1 Å². The van der Waals surface area contributed by atoms with E-state index in [4.69, 9.17) is 46.4 Å². The molecule has 0 spiro atoms. The number of ketones is 2. The fourth-order valence-corrected chi connectivity index (χ4v) is 5.75. The van der Waals surface area contributed by atoms with Crippen LogP contribution in [0.25, 0.3) is 0 Å². The molecule has 0 aliphatic heterocycles. The van der Waals surface area contributed by atoms with Crippen LogP contribution in [0, 0.1) is 23.4 Å². The van der Waals surface area contributed by atoms with Crippen LogP contribution in [-0.2, 0) is 22.4 Å². The molecule has 14 heteroatoms. The second kappa shape index (κ2) is 12.1. The van der Waals surface area contributed by atoms with Gasteiger partial charge in [0, 0.05) is 35.6 Å². The fraction of sp³-hybridized carbons (Fsp3) is 0.250. The number of benzene rings is 3. The van der Waals surface area contributed by atoms with Crippen LogP contribution in [0.5, 0.6) is 0 Å². The molecule has 0 aromatic heterocycles. The van der Waals surface area contributed by atoms with Crippen molar-refractivity contribution in [3.8, 4) is 0 Å². The van der Waals surface area contributed by atoms with Gasteiger partial charge in [-0.15, -0.1) is 23.2 Å². The van der Waals surface area contributed by atoms with Gasteiger partial charge in [0.2, 0.25) is 5.91 Å². The van der Waals surface area contributed by atoms with Crippen molar-refractivity contribution in [2.45, 2.75) is 35.7 Å². The highest BCUT2D eigenvalue weighted by Gasteiger charge is 2.67. The second-order valence-corrected chi connectivity index (χ2v) is 11.9. The minimum atomic E-state index is -4.85. The van der Waals surface area contributed by atoms with Crippen molar-refractivity contribution in [2.75, 3.05) is 5.32 Å². The van der Waals surface area contributed by atoms with Crippen molar-refractivity contribution in [1.29, 1.82) is 0 Å². The van der Waals surface area contributed by atoms with Crippen LogP contribution in [0.3, 0.4) is 0 Å². The highest BCUT2D eigenvalue weighted by atomic mass is 35.5. The van der Waals surface area contributed by atoms with Gasteiger partial charge in [-0.1, -0.05) is 35.3 Å². The molecule has 0 saturated heterocycles. The Morgan fingerprint density at radius 2 is 1.52 bits per heavy atom. The Labute approximate surface area is 254 Å². The minimum Gasteiger partial charge on any atom is -0.326 e. The number of carbonyl (C=O) groups is 3. The van der Waals surface area contributed by atoms with E-state index in [9.17, 15) is 40.7 Å². The number of anilines is 1. The first kappa shape index (κ1) is 32.1. The molecule has 4 rings (SSSR count). The summed E-state index contributed by atoms with van der Waals surface area (Å²) in [5.74, 6) is -7.78. The summed E-state index contributed by atoms with van der Waals surface area (Å²) < 4.78 is 78.6. The number of halogens is 10. The molecule has 1 fully saturated rings. The molecule has 1 N–H and O–H groups in total. The Balaban J connectivity index is 1.50. The zero-order valence-electron chi connectivity index (χ0n) is 20.9. The highest BCUT2D eigenvalue weighted by Crippen LogP contribution is 2.65. The largest absolute Gasteiger partial charge is 0.395 e. The third-order valence-electron chi connectivity index (χ3n) is 6.56. The highest BCUT2D eigenvalue weighted by molar-refractivity contribution is 6.53. The normalized spacial score (nSPS) is 17.6. The van der Waals surface area contributed by atoms with Crippen LogP contribution >= 0.6 is 46.4 Å². The summed E-state index contributed by atoms with van der Waals surface area (Å²) in [7, 11) is 0. The molecule has 42 heavy (non-hydrogen) atoms. The summed E-state index contributed by atoms with van der Waals surface area (Å²) in [6, 6.07) is 9.33. The lowest BCUT2D eigenvalue weighted by molar-refractivity contribution is -0.151. The van der Waals surface area contributed by atoms with Crippen molar-refractivity contribution in [3.05, 3.63) is 98.3 Å². The first-order chi connectivity index (χ1) is 19.5. The average Bonchev–Trinajstić information content (AvgIpc) is 3.47. The van der Waals surface area contributed by atoms with Crippen LogP contribution in [0.15, 0.2) is 48.5 Å². The van der Waals surface area contributed by atoms with Crippen molar-refractivity contribution in [2.24, 2.45) is 5.92 Å². The molecule has 1 saturated carbocycles. The van der Waals surface area contributed by atoms with Gasteiger partial charge in [-0.2, -0.15) is 13.2 Å². The topological polar surface area (TPSA) is 63.2 Å².